The lowest BCUT2D eigenvalue weighted by Crippen LogP contribution is -2.28. The fourth-order valence-corrected chi connectivity index (χ4v) is 4.09. The smallest absolute Gasteiger partial charge is 0.341 e. The van der Waals surface area contributed by atoms with Crippen LogP contribution in [0.2, 0.25) is 0 Å². The highest BCUT2D eigenvalue weighted by molar-refractivity contribution is 7.15. The van der Waals surface area contributed by atoms with Gasteiger partial charge in [-0.25, -0.2) is 14.8 Å². The first-order chi connectivity index (χ1) is 15.1. The third-order valence-electron chi connectivity index (χ3n) is 4.52. The minimum atomic E-state index is -0.520. The van der Waals surface area contributed by atoms with E-state index in [-0.39, 0.29) is 18.7 Å². The number of hydrogen-bond acceptors (Lipinski definition) is 7. The first kappa shape index (κ1) is 20.4. The van der Waals surface area contributed by atoms with Crippen molar-refractivity contribution in [1.29, 1.82) is 0 Å². The summed E-state index contributed by atoms with van der Waals surface area (Å²) in [5.74, 6) is -0.979. The molecule has 3 aromatic heterocycles. The zero-order valence-electron chi connectivity index (χ0n) is 16.6. The monoisotopic (exact) mass is 434 g/mol. The number of benzene rings is 1. The second kappa shape index (κ2) is 8.88. The Labute approximate surface area is 181 Å². The maximum Gasteiger partial charge on any atom is 0.341 e. The van der Waals surface area contributed by atoms with Crippen molar-refractivity contribution in [2.45, 2.75) is 13.5 Å². The van der Waals surface area contributed by atoms with Gasteiger partial charge in [-0.2, -0.15) is 0 Å². The van der Waals surface area contributed by atoms with Crippen LogP contribution in [0.25, 0.3) is 22.2 Å². The van der Waals surface area contributed by atoms with Gasteiger partial charge < -0.3 is 10.1 Å². The predicted molar refractivity (Wildman–Crippen MR) is 118 cm³/mol. The number of nitrogens with one attached hydrogen (secondary N) is 1. The molecule has 0 saturated carbocycles. The molecule has 0 aliphatic heterocycles. The van der Waals surface area contributed by atoms with Gasteiger partial charge in [0.2, 0.25) is 5.91 Å². The Morgan fingerprint density at radius 1 is 1.13 bits per heavy atom. The standard InChI is InChI=1S/C22H18N4O4S/c1-2-30-22(29)18-16(14-7-4-3-5-8-14)12-31-20(18)25-17(27)11-26-13-24-19-15(21(26)28)9-6-10-23-19/h3-10,12-13H,2,11H2,1H3,(H,25,27). The number of hydrogen-bond donors (Lipinski definition) is 1. The lowest BCUT2D eigenvalue weighted by Gasteiger charge is -2.10. The topological polar surface area (TPSA) is 103 Å². The van der Waals surface area contributed by atoms with Gasteiger partial charge in [0, 0.05) is 17.1 Å². The zero-order chi connectivity index (χ0) is 21.8. The molecule has 9 heteroatoms. The molecule has 31 heavy (non-hydrogen) atoms. The number of anilines is 1. The molecule has 0 fully saturated rings. The van der Waals surface area contributed by atoms with Crippen molar-refractivity contribution >= 4 is 39.2 Å². The van der Waals surface area contributed by atoms with E-state index in [2.05, 4.69) is 15.3 Å². The number of nitrogens with zero attached hydrogens (tertiary/aromatic N) is 3. The number of carbonyl (C=O) groups excluding carboxylic acids is 2. The number of aromatic nitrogens is 3. The molecule has 8 nitrogen and oxygen atoms in total. The van der Waals surface area contributed by atoms with Crippen molar-refractivity contribution in [2.24, 2.45) is 0 Å². The van der Waals surface area contributed by atoms with Crippen LogP contribution in [-0.2, 0) is 16.1 Å². The number of thiophene rings is 1. The number of esters is 1. The van der Waals surface area contributed by atoms with E-state index in [1.54, 1.807) is 30.6 Å². The number of pyridine rings is 1. The second-order valence-electron chi connectivity index (χ2n) is 6.54. The van der Waals surface area contributed by atoms with Gasteiger partial charge in [-0.05, 0) is 24.6 Å². The molecule has 3 heterocycles. The Balaban J connectivity index is 1.62. The fraction of sp³-hybridized carbons (Fsp3) is 0.136. The molecular weight excluding hydrogens is 416 g/mol. The van der Waals surface area contributed by atoms with Crippen LogP contribution in [-0.4, -0.2) is 33.0 Å². The van der Waals surface area contributed by atoms with Crippen LogP contribution in [0.5, 0.6) is 0 Å². The molecule has 0 radical (unpaired) electrons. The molecule has 0 spiro atoms. The lowest BCUT2D eigenvalue weighted by molar-refractivity contribution is -0.116. The van der Waals surface area contributed by atoms with E-state index < -0.39 is 11.9 Å². The summed E-state index contributed by atoms with van der Waals surface area (Å²) in [7, 11) is 0. The van der Waals surface area contributed by atoms with E-state index in [9.17, 15) is 14.4 Å². The normalized spacial score (nSPS) is 10.7. The van der Waals surface area contributed by atoms with Crippen molar-refractivity contribution in [1.82, 2.24) is 14.5 Å². The largest absolute Gasteiger partial charge is 0.462 e. The number of rotatable bonds is 6. The highest BCUT2D eigenvalue weighted by atomic mass is 32.1. The summed E-state index contributed by atoms with van der Waals surface area (Å²) in [6.45, 7) is 1.68. The highest BCUT2D eigenvalue weighted by Crippen LogP contribution is 2.36. The Morgan fingerprint density at radius 2 is 1.94 bits per heavy atom. The Bertz CT molecular complexity index is 1310. The van der Waals surface area contributed by atoms with Crippen LogP contribution in [0.15, 0.2) is 65.2 Å². The number of carbonyl (C=O) groups is 2. The molecule has 1 aromatic carbocycles. The van der Waals surface area contributed by atoms with E-state index in [1.807, 2.05) is 30.3 Å². The molecule has 1 amide bonds. The highest BCUT2D eigenvalue weighted by Gasteiger charge is 2.23. The molecule has 0 saturated heterocycles. The quantitative estimate of drug-likeness (QED) is 0.467. The fourth-order valence-electron chi connectivity index (χ4n) is 3.12. The maximum atomic E-state index is 12.7. The van der Waals surface area contributed by atoms with Crippen molar-refractivity contribution in [2.75, 3.05) is 11.9 Å². The van der Waals surface area contributed by atoms with Crippen LogP contribution in [0.3, 0.4) is 0 Å². The SMILES string of the molecule is CCOC(=O)c1c(-c2ccccc2)csc1NC(=O)Cn1cnc2ncccc2c1=O. The first-order valence-electron chi connectivity index (χ1n) is 9.52. The minimum absolute atomic E-state index is 0.211. The van der Waals surface area contributed by atoms with Crippen molar-refractivity contribution in [3.63, 3.8) is 0 Å². The summed E-state index contributed by atoms with van der Waals surface area (Å²) in [5, 5.41) is 5.23. The van der Waals surface area contributed by atoms with Crippen LogP contribution in [0.1, 0.15) is 17.3 Å². The predicted octanol–water partition coefficient (Wildman–Crippen LogP) is 3.34. The summed E-state index contributed by atoms with van der Waals surface area (Å²) in [6, 6.07) is 12.6. The molecule has 0 aliphatic rings. The summed E-state index contributed by atoms with van der Waals surface area (Å²) >= 11 is 1.23. The van der Waals surface area contributed by atoms with Crippen LogP contribution in [0.4, 0.5) is 5.00 Å². The van der Waals surface area contributed by atoms with E-state index in [4.69, 9.17) is 4.74 Å². The van der Waals surface area contributed by atoms with Crippen molar-refractivity contribution < 1.29 is 14.3 Å². The Morgan fingerprint density at radius 3 is 2.71 bits per heavy atom. The van der Waals surface area contributed by atoms with Crippen molar-refractivity contribution in [3.8, 4) is 11.1 Å². The number of fused-ring (bicyclic) bond motifs is 1. The van der Waals surface area contributed by atoms with E-state index >= 15 is 0 Å². The molecule has 4 aromatic rings. The average Bonchev–Trinajstić information content (AvgIpc) is 3.20. The summed E-state index contributed by atoms with van der Waals surface area (Å²) in [4.78, 5) is 46.1. The maximum absolute atomic E-state index is 12.7. The minimum Gasteiger partial charge on any atom is -0.462 e. The molecule has 4 rings (SSSR count). The van der Waals surface area contributed by atoms with Gasteiger partial charge >= 0.3 is 5.97 Å². The van der Waals surface area contributed by atoms with Crippen molar-refractivity contribution in [3.05, 3.63) is 76.3 Å². The molecular formula is C22H18N4O4S. The van der Waals surface area contributed by atoms with Crippen LogP contribution in [0, 0.1) is 0 Å². The zero-order valence-corrected chi connectivity index (χ0v) is 17.4. The average molecular weight is 434 g/mol. The summed E-state index contributed by atoms with van der Waals surface area (Å²) in [5.41, 5.74) is 1.76. The first-order valence-corrected chi connectivity index (χ1v) is 10.4. The van der Waals surface area contributed by atoms with Crippen LogP contribution < -0.4 is 10.9 Å². The van der Waals surface area contributed by atoms with Gasteiger partial charge in [-0.15, -0.1) is 11.3 Å². The van der Waals surface area contributed by atoms with Gasteiger partial charge in [-0.1, -0.05) is 30.3 Å². The van der Waals surface area contributed by atoms with Gasteiger partial charge in [0.1, 0.15) is 23.4 Å². The van der Waals surface area contributed by atoms with Gasteiger partial charge in [0.15, 0.2) is 5.65 Å². The van der Waals surface area contributed by atoms with E-state index in [0.29, 0.717) is 27.2 Å². The summed E-state index contributed by atoms with van der Waals surface area (Å²) in [6.07, 6.45) is 2.83. The Kier molecular flexibility index (Phi) is 5.85. The van der Waals surface area contributed by atoms with Gasteiger partial charge in [0.25, 0.3) is 5.56 Å². The third-order valence-corrected chi connectivity index (χ3v) is 5.42. The van der Waals surface area contributed by atoms with E-state index in [0.717, 1.165) is 5.56 Å². The number of ether oxygens (including phenoxy) is 1. The van der Waals surface area contributed by atoms with Gasteiger partial charge in [-0.3, -0.25) is 14.2 Å². The van der Waals surface area contributed by atoms with E-state index in [1.165, 1.54) is 22.2 Å². The molecule has 0 unspecified atom stereocenters. The van der Waals surface area contributed by atoms with Gasteiger partial charge in [0.05, 0.1) is 12.0 Å². The summed E-state index contributed by atoms with van der Waals surface area (Å²) < 4.78 is 6.40. The molecule has 156 valence electrons. The molecule has 0 bridgehead atoms. The number of amides is 1. The molecule has 0 aliphatic carbocycles. The third kappa shape index (κ3) is 4.22. The molecule has 1 N–H and O–H groups in total. The second-order valence-corrected chi connectivity index (χ2v) is 7.42. The lowest BCUT2D eigenvalue weighted by atomic mass is 10.0. The van der Waals surface area contributed by atoms with Crippen LogP contribution >= 0.6 is 11.3 Å². The molecule has 0 atom stereocenters. The Hall–Kier alpha value is -3.85.